The molecule has 0 saturated carbocycles. The van der Waals surface area contributed by atoms with Gasteiger partial charge in [-0.2, -0.15) is 0 Å². The lowest BCUT2D eigenvalue weighted by molar-refractivity contribution is 0.260. The molecule has 0 amide bonds. The maximum Gasteiger partial charge on any atom is 0.191 e. The van der Waals surface area contributed by atoms with Crippen LogP contribution in [0.2, 0.25) is 0 Å². The zero-order chi connectivity index (χ0) is 18.6. The largest absolute Gasteiger partial charge is 0.493 e. The van der Waals surface area contributed by atoms with Crippen molar-refractivity contribution in [2.45, 2.75) is 32.2 Å². The third-order valence-corrected chi connectivity index (χ3v) is 6.54. The first-order chi connectivity index (χ1) is 12.5. The summed E-state index contributed by atoms with van der Waals surface area (Å²) in [6, 6.07) is 4.45. The van der Waals surface area contributed by atoms with E-state index in [1.165, 1.54) is 12.1 Å². The summed E-state index contributed by atoms with van der Waals surface area (Å²) in [5.74, 6) is 1.57. The van der Waals surface area contributed by atoms with Crippen LogP contribution >= 0.6 is 24.0 Å². The summed E-state index contributed by atoms with van der Waals surface area (Å²) in [5.41, 5.74) is 0.783. The van der Waals surface area contributed by atoms with Crippen molar-refractivity contribution >= 4 is 39.8 Å². The Morgan fingerprint density at radius 2 is 2.19 bits per heavy atom. The van der Waals surface area contributed by atoms with Gasteiger partial charge in [-0.05, 0) is 37.0 Å². The molecule has 1 aromatic rings. The fourth-order valence-corrected chi connectivity index (χ4v) is 5.16. The van der Waals surface area contributed by atoms with Gasteiger partial charge in [0.1, 0.15) is 11.6 Å². The first kappa shape index (κ1) is 22.2. The highest BCUT2D eigenvalue weighted by atomic mass is 127. The second-order valence-corrected chi connectivity index (χ2v) is 9.13. The fraction of sp³-hybridized carbons (Fsp3) is 0.611. The third kappa shape index (κ3) is 6.20. The minimum absolute atomic E-state index is 0. The molecule has 9 heteroatoms. The van der Waals surface area contributed by atoms with Crippen molar-refractivity contribution in [1.82, 2.24) is 10.6 Å². The number of benzene rings is 1. The molecule has 2 heterocycles. The lowest BCUT2D eigenvalue weighted by Crippen LogP contribution is -2.41. The van der Waals surface area contributed by atoms with Crippen LogP contribution in [-0.2, 0) is 9.84 Å². The Bertz CT molecular complexity index is 773. The zero-order valence-corrected chi connectivity index (χ0v) is 18.6. The van der Waals surface area contributed by atoms with Crippen LogP contribution in [0.5, 0.6) is 5.75 Å². The second kappa shape index (κ2) is 9.90. The van der Waals surface area contributed by atoms with Gasteiger partial charge in [-0.15, -0.1) is 24.0 Å². The number of fused-ring (bicyclic) bond motifs is 1. The third-order valence-electron chi connectivity index (χ3n) is 4.70. The highest BCUT2D eigenvalue weighted by molar-refractivity contribution is 14.0. The summed E-state index contributed by atoms with van der Waals surface area (Å²) >= 11 is 0. The molecule has 27 heavy (non-hydrogen) atoms. The Hall–Kier alpha value is -1.10. The molecule has 2 atom stereocenters. The van der Waals surface area contributed by atoms with Crippen molar-refractivity contribution in [3.63, 3.8) is 0 Å². The zero-order valence-electron chi connectivity index (χ0n) is 15.4. The molecule has 0 spiro atoms. The van der Waals surface area contributed by atoms with E-state index in [-0.39, 0.29) is 53.3 Å². The lowest BCUT2D eigenvalue weighted by Gasteiger charge is -2.28. The van der Waals surface area contributed by atoms with E-state index in [1.807, 2.05) is 0 Å². The van der Waals surface area contributed by atoms with Crippen LogP contribution < -0.4 is 15.4 Å². The molecule has 3 rings (SSSR count). The molecular weight excluding hydrogens is 484 g/mol. The van der Waals surface area contributed by atoms with Crippen molar-refractivity contribution in [2.75, 3.05) is 31.2 Å². The van der Waals surface area contributed by atoms with Crippen LogP contribution in [0.15, 0.2) is 23.2 Å². The van der Waals surface area contributed by atoms with Crippen LogP contribution in [0.1, 0.15) is 37.8 Å². The molecule has 1 aromatic carbocycles. The molecule has 2 aliphatic rings. The Kier molecular flexibility index (Phi) is 8.14. The summed E-state index contributed by atoms with van der Waals surface area (Å²) in [5, 5.41) is 6.62. The van der Waals surface area contributed by atoms with E-state index in [1.54, 1.807) is 6.07 Å². The summed E-state index contributed by atoms with van der Waals surface area (Å²) in [7, 11) is -2.90. The van der Waals surface area contributed by atoms with Gasteiger partial charge < -0.3 is 15.4 Å². The van der Waals surface area contributed by atoms with E-state index in [4.69, 9.17) is 4.74 Å². The van der Waals surface area contributed by atoms with Crippen molar-refractivity contribution < 1.29 is 17.5 Å². The molecule has 152 valence electrons. The Morgan fingerprint density at radius 3 is 2.89 bits per heavy atom. The SMILES string of the molecule is CCCNC(=NCC1CCS(=O)(=O)C1)NC1CCOc2ccc(F)cc21.I. The van der Waals surface area contributed by atoms with E-state index in [2.05, 4.69) is 22.5 Å². The predicted molar refractivity (Wildman–Crippen MR) is 115 cm³/mol. The van der Waals surface area contributed by atoms with Crippen molar-refractivity contribution in [3.05, 3.63) is 29.6 Å². The molecular formula is C18H27FIN3O3S. The number of nitrogens with zero attached hydrogens (tertiary/aromatic N) is 1. The highest BCUT2D eigenvalue weighted by Crippen LogP contribution is 2.32. The number of guanidine groups is 1. The minimum Gasteiger partial charge on any atom is -0.493 e. The van der Waals surface area contributed by atoms with Crippen LogP contribution in [0.4, 0.5) is 4.39 Å². The molecule has 1 saturated heterocycles. The summed E-state index contributed by atoms with van der Waals surface area (Å²) in [6.07, 6.45) is 2.32. The predicted octanol–water partition coefficient (Wildman–Crippen LogP) is 2.65. The fourth-order valence-electron chi connectivity index (χ4n) is 3.31. The van der Waals surface area contributed by atoms with E-state index in [0.29, 0.717) is 37.7 Å². The van der Waals surface area contributed by atoms with Crippen LogP contribution in [0, 0.1) is 11.7 Å². The second-order valence-electron chi connectivity index (χ2n) is 6.90. The smallest absolute Gasteiger partial charge is 0.191 e. The maximum absolute atomic E-state index is 13.6. The van der Waals surface area contributed by atoms with Gasteiger partial charge >= 0.3 is 0 Å². The van der Waals surface area contributed by atoms with Crippen LogP contribution in [0.25, 0.3) is 0 Å². The number of rotatable bonds is 5. The van der Waals surface area contributed by atoms with Crippen LogP contribution in [0.3, 0.4) is 0 Å². The van der Waals surface area contributed by atoms with Gasteiger partial charge in [0.25, 0.3) is 0 Å². The normalized spacial score (nSPS) is 23.7. The summed E-state index contributed by atoms with van der Waals surface area (Å²) in [4.78, 5) is 4.59. The van der Waals surface area contributed by atoms with Crippen molar-refractivity contribution in [2.24, 2.45) is 10.9 Å². The van der Waals surface area contributed by atoms with E-state index >= 15 is 0 Å². The number of hydrogen-bond donors (Lipinski definition) is 2. The van der Waals surface area contributed by atoms with Crippen molar-refractivity contribution in [1.29, 1.82) is 0 Å². The van der Waals surface area contributed by atoms with E-state index in [0.717, 1.165) is 18.5 Å². The lowest BCUT2D eigenvalue weighted by atomic mass is 10.0. The summed E-state index contributed by atoms with van der Waals surface area (Å²) < 4.78 is 42.5. The maximum atomic E-state index is 13.6. The van der Waals surface area contributed by atoms with Gasteiger partial charge in [-0.3, -0.25) is 4.99 Å². The van der Waals surface area contributed by atoms with Crippen LogP contribution in [-0.4, -0.2) is 45.6 Å². The standard InChI is InChI=1S/C18H26FN3O3S.HI/c1-2-7-20-18(21-11-13-6-9-26(23,24)12-13)22-16-5-8-25-17-4-3-14(19)10-15(16)17;/h3-4,10,13,16H,2,5-9,11-12H2,1H3,(H2,20,21,22);1H. The average molecular weight is 511 g/mol. The molecule has 0 bridgehead atoms. The topological polar surface area (TPSA) is 79.8 Å². The molecule has 0 aliphatic carbocycles. The number of aliphatic imine (C=N–C) groups is 1. The van der Waals surface area contributed by atoms with E-state index < -0.39 is 9.84 Å². The first-order valence-electron chi connectivity index (χ1n) is 9.14. The molecule has 1 fully saturated rings. The highest BCUT2D eigenvalue weighted by Gasteiger charge is 2.28. The monoisotopic (exact) mass is 511 g/mol. The summed E-state index contributed by atoms with van der Waals surface area (Å²) in [6.45, 7) is 3.84. The molecule has 0 aromatic heterocycles. The molecule has 2 aliphatic heterocycles. The van der Waals surface area contributed by atoms with Gasteiger partial charge in [0, 0.05) is 25.1 Å². The van der Waals surface area contributed by atoms with Gasteiger partial charge in [0.2, 0.25) is 0 Å². The molecule has 2 N–H and O–H groups in total. The first-order valence-corrected chi connectivity index (χ1v) is 11.0. The molecule has 0 radical (unpaired) electrons. The number of nitrogens with one attached hydrogen (secondary N) is 2. The Balaban J connectivity index is 0.00000261. The van der Waals surface area contributed by atoms with E-state index in [9.17, 15) is 12.8 Å². The Morgan fingerprint density at radius 1 is 1.37 bits per heavy atom. The Labute approximate surface area is 177 Å². The van der Waals surface area contributed by atoms with Gasteiger partial charge in [0.15, 0.2) is 15.8 Å². The number of sulfone groups is 1. The average Bonchev–Trinajstić information content (AvgIpc) is 2.96. The molecule has 6 nitrogen and oxygen atoms in total. The van der Waals surface area contributed by atoms with Gasteiger partial charge in [0.05, 0.1) is 24.2 Å². The number of ether oxygens (including phenoxy) is 1. The number of hydrogen-bond acceptors (Lipinski definition) is 4. The van der Waals surface area contributed by atoms with Gasteiger partial charge in [-0.1, -0.05) is 6.92 Å². The number of halogens is 2. The molecule has 2 unspecified atom stereocenters. The van der Waals surface area contributed by atoms with Gasteiger partial charge in [-0.25, -0.2) is 12.8 Å². The quantitative estimate of drug-likeness (QED) is 0.361. The minimum atomic E-state index is -2.90. The van der Waals surface area contributed by atoms with Crippen molar-refractivity contribution in [3.8, 4) is 5.75 Å².